The first-order valence-electron chi connectivity index (χ1n) is 4.12. The molecular formula is C8H13F3O2. The van der Waals surface area contributed by atoms with Gasteiger partial charge in [0, 0.05) is 6.42 Å². The lowest BCUT2D eigenvalue weighted by Gasteiger charge is -2.28. The van der Waals surface area contributed by atoms with Crippen LogP contribution in [0.4, 0.5) is 13.2 Å². The summed E-state index contributed by atoms with van der Waals surface area (Å²) in [5, 5.41) is 8.38. The number of rotatable bonds is 5. The van der Waals surface area contributed by atoms with Crippen molar-refractivity contribution in [2.75, 3.05) is 0 Å². The molecule has 0 saturated heterocycles. The van der Waals surface area contributed by atoms with Crippen molar-refractivity contribution in [2.24, 2.45) is 0 Å². The molecule has 0 saturated carbocycles. The molecule has 0 aromatic rings. The van der Waals surface area contributed by atoms with Crippen molar-refractivity contribution >= 4 is 5.97 Å². The fraction of sp³-hybridized carbons (Fsp3) is 0.875. The second-order valence-electron chi connectivity index (χ2n) is 2.91. The Morgan fingerprint density at radius 2 is 1.77 bits per heavy atom. The first-order valence-corrected chi connectivity index (χ1v) is 4.12. The summed E-state index contributed by atoms with van der Waals surface area (Å²) in [5.74, 6) is -5.88. The van der Waals surface area contributed by atoms with Crippen molar-refractivity contribution in [1.82, 2.24) is 0 Å². The summed E-state index contributed by atoms with van der Waals surface area (Å²) in [6.07, 6.45) is -1.41. The van der Waals surface area contributed by atoms with Crippen LogP contribution in [0.2, 0.25) is 0 Å². The fourth-order valence-electron chi connectivity index (χ4n) is 1.07. The second-order valence-corrected chi connectivity index (χ2v) is 2.91. The largest absolute Gasteiger partial charge is 0.479 e. The molecule has 0 rings (SSSR count). The van der Waals surface area contributed by atoms with Gasteiger partial charge in [-0.2, -0.15) is 0 Å². The maximum Gasteiger partial charge on any atom is 0.347 e. The van der Waals surface area contributed by atoms with Crippen molar-refractivity contribution in [3.63, 3.8) is 0 Å². The van der Waals surface area contributed by atoms with Crippen LogP contribution in [0.3, 0.4) is 0 Å². The van der Waals surface area contributed by atoms with E-state index in [1.54, 1.807) is 0 Å². The van der Waals surface area contributed by atoms with Crippen LogP contribution in [-0.4, -0.2) is 22.7 Å². The molecule has 0 aliphatic carbocycles. The Morgan fingerprint density at radius 1 is 1.31 bits per heavy atom. The van der Waals surface area contributed by atoms with Crippen LogP contribution in [0, 0.1) is 0 Å². The van der Waals surface area contributed by atoms with Gasteiger partial charge in [-0.05, 0) is 6.42 Å². The third-order valence-corrected chi connectivity index (χ3v) is 1.96. The van der Waals surface area contributed by atoms with E-state index in [0.717, 1.165) is 6.92 Å². The summed E-state index contributed by atoms with van der Waals surface area (Å²) in [5.41, 5.74) is -3.42. The minimum atomic E-state index is -3.80. The van der Waals surface area contributed by atoms with E-state index in [1.165, 1.54) is 6.92 Å². The predicted molar refractivity (Wildman–Crippen MR) is 41.6 cm³/mol. The van der Waals surface area contributed by atoms with E-state index in [1.807, 2.05) is 0 Å². The molecule has 0 spiro atoms. The molecular weight excluding hydrogens is 185 g/mol. The second kappa shape index (κ2) is 3.98. The van der Waals surface area contributed by atoms with Gasteiger partial charge in [-0.15, -0.1) is 0 Å². The highest BCUT2D eigenvalue weighted by Crippen LogP contribution is 2.39. The van der Waals surface area contributed by atoms with Gasteiger partial charge in [0.2, 0.25) is 0 Å². The molecule has 0 aromatic carbocycles. The molecule has 1 N–H and O–H groups in total. The van der Waals surface area contributed by atoms with Crippen molar-refractivity contribution in [3.8, 4) is 0 Å². The maximum absolute atomic E-state index is 13.3. The summed E-state index contributed by atoms with van der Waals surface area (Å²) < 4.78 is 39.1. The van der Waals surface area contributed by atoms with Crippen LogP contribution in [0.15, 0.2) is 0 Å². The maximum atomic E-state index is 13.3. The van der Waals surface area contributed by atoms with Gasteiger partial charge in [0.25, 0.3) is 11.6 Å². The number of carbonyl (C=O) groups is 1. The van der Waals surface area contributed by atoms with Crippen molar-refractivity contribution in [2.45, 2.75) is 44.7 Å². The van der Waals surface area contributed by atoms with Crippen LogP contribution in [0.5, 0.6) is 0 Å². The van der Waals surface area contributed by atoms with Gasteiger partial charge in [0.1, 0.15) is 0 Å². The average Bonchev–Trinajstić information content (AvgIpc) is 2.04. The zero-order chi connectivity index (χ0) is 10.7. The highest BCUT2D eigenvalue weighted by molar-refractivity contribution is 5.78. The highest BCUT2D eigenvalue weighted by atomic mass is 19.3. The van der Waals surface area contributed by atoms with Crippen LogP contribution >= 0.6 is 0 Å². The van der Waals surface area contributed by atoms with Gasteiger partial charge >= 0.3 is 5.97 Å². The summed E-state index contributed by atoms with van der Waals surface area (Å²) in [4.78, 5) is 10.4. The van der Waals surface area contributed by atoms with E-state index in [-0.39, 0.29) is 6.42 Å². The van der Waals surface area contributed by atoms with Crippen LogP contribution < -0.4 is 0 Å². The molecule has 13 heavy (non-hydrogen) atoms. The number of carboxylic acids is 1. The molecule has 5 heteroatoms. The molecule has 1 unspecified atom stereocenters. The van der Waals surface area contributed by atoms with Gasteiger partial charge in [0.15, 0.2) is 0 Å². The number of carboxylic acid groups (broad SMARTS) is 1. The summed E-state index contributed by atoms with van der Waals surface area (Å²) >= 11 is 0. The third kappa shape index (κ3) is 2.14. The lowest BCUT2D eigenvalue weighted by Crippen LogP contribution is -2.50. The Labute approximate surface area is 74.7 Å². The molecule has 0 aliphatic heterocycles. The molecule has 2 nitrogen and oxygen atoms in total. The van der Waals surface area contributed by atoms with Crippen molar-refractivity contribution < 1.29 is 23.1 Å². The van der Waals surface area contributed by atoms with Gasteiger partial charge in [0.05, 0.1) is 0 Å². The summed E-state index contributed by atoms with van der Waals surface area (Å²) in [6.45, 7) is 2.52. The number of hydrogen-bond donors (Lipinski definition) is 1. The van der Waals surface area contributed by atoms with E-state index < -0.39 is 30.4 Å². The minimum absolute atomic E-state index is 0.0678. The predicted octanol–water partition coefficient (Wildman–Crippen LogP) is 2.62. The molecule has 0 aliphatic rings. The monoisotopic (exact) mass is 198 g/mol. The summed E-state index contributed by atoms with van der Waals surface area (Å²) in [6, 6.07) is 0. The molecule has 0 heterocycles. The van der Waals surface area contributed by atoms with Gasteiger partial charge in [-0.1, -0.05) is 20.3 Å². The van der Waals surface area contributed by atoms with Gasteiger partial charge in [-0.3, -0.25) is 0 Å². The molecule has 0 aromatic heterocycles. The molecule has 0 fully saturated rings. The zero-order valence-electron chi connectivity index (χ0n) is 7.61. The molecule has 0 bridgehead atoms. The Balaban J connectivity index is 4.88. The fourth-order valence-corrected chi connectivity index (χ4v) is 1.07. The van der Waals surface area contributed by atoms with Crippen molar-refractivity contribution in [1.29, 1.82) is 0 Å². The first-order chi connectivity index (χ1) is 5.81. The minimum Gasteiger partial charge on any atom is -0.479 e. The van der Waals surface area contributed by atoms with Gasteiger partial charge < -0.3 is 5.11 Å². The Kier molecular flexibility index (Phi) is 3.75. The standard InChI is InChI=1S/C8H13F3O2/c1-3-5-7(9,6(12)13)8(10,11)4-2/h3-5H2,1-2H3,(H,12,13). The number of alkyl halides is 3. The lowest BCUT2D eigenvalue weighted by molar-refractivity contribution is -0.187. The van der Waals surface area contributed by atoms with E-state index in [0.29, 0.717) is 0 Å². The number of halogens is 3. The first kappa shape index (κ1) is 12.3. The highest BCUT2D eigenvalue weighted by Gasteiger charge is 2.58. The SMILES string of the molecule is CCCC(F)(C(=O)O)C(F)(F)CC. The van der Waals surface area contributed by atoms with Gasteiger partial charge in [-0.25, -0.2) is 18.0 Å². The van der Waals surface area contributed by atoms with Crippen molar-refractivity contribution in [3.05, 3.63) is 0 Å². The third-order valence-electron chi connectivity index (χ3n) is 1.96. The van der Waals surface area contributed by atoms with E-state index in [4.69, 9.17) is 5.11 Å². The Morgan fingerprint density at radius 3 is 2.00 bits per heavy atom. The molecule has 1 atom stereocenters. The van der Waals surface area contributed by atoms with Crippen LogP contribution in [-0.2, 0) is 4.79 Å². The summed E-state index contributed by atoms with van der Waals surface area (Å²) in [7, 11) is 0. The Hall–Kier alpha value is -0.740. The van der Waals surface area contributed by atoms with E-state index >= 15 is 0 Å². The smallest absolute Gasteiger partial charge is 0.347 e. The van der Waals surface area contributed by atoms with E-state index in [2.05, 4.69) is 0 Å². The molecule has 0 amide bonds. The zero-order valence-corrected chi connectivity index (χ0v) is 7.61. The van der Waals surface area contributed by atoms with Crippen LogP contribution in [0.25, 0.3) is 0 Å². The lowest BCUT2D eigenvalue weighted by atomic mass is 9.91. The van der Waals surface area contributed by atoms with Crippen LogP contribution in [0.1, 0.15) is 33.1 Å². The Bertz CT molecular complexity index is 194. The van der Waals surface area contributed by atoms with E-state index in [9.17, 15) is 18.0 Å². The topological polar surface area (TPSA) is 37.3 Å². The molecule has 78 valence electrons. The number of hydrogen-bond acceptors (Lipinski definition) is 1. The average molecular weight is 198 g/mol. The molecule has 0 radical (unpaired) electrons. The normalized spacial score (nSPS) is 16.7. The number of aliphatic carboxylic acids is 1. The quantitative estimate of drug-likeness (QED) is 0.737.